The summed E-state index contributed by atoms with van der Waals surface area (Å²) in [6, 6.07) is 9.80. The Morgan fingerprint density at radius 1 is 1.18 bits per heavy atom. The molecular weight excluding hydrogens is 432 g/mol. The Morgan fingerprint density at radius 3 is 2.61 bits per heavy atom. The highest BCUT2D eigenvalue weighted by Gasteiger charge is 2.26. The van der Waals surface area contributed by atoms with Crippen molar-refractivity contribution in [3.05, 3.63) is 63.5 Å². The van der Waals surface area contributed by atoms with Crippen LogP contribution in [0, 0.1) is 17.0 Å². The zero-order valence-corrected chi connectivity index (χ0v) is 18.2. The molecule has 1 aromatic heterocycles. The third-order valence-electron chi connectivity index (χ3n) is 4.42. The van der Waals surface area contributed by atoms with Gasteiger partial charge in [-0.3, -0.25) is 10.1 Å². The number of hydrogen-bond acceptors (Lipinski definition) is 11. The molecule has 0 amide bonds. The van der Waals surface area contributed by atoms with Crippen LogP contribution in [0.2, 0.25) is 0 Å². The Kier molecular flexibility index (Phi) is 7.18. The number of benzene rings is 2. The highest BCUT2D eigenvalue weighted by atomic mass is 16.6. The normalized spacial score (nSPS) is 10.4. The fourth-order valence-corrected chi connectivity index (χ4v) is 2.89. The van der Waals surface area contributed by atoms with Gasteiger partial charge in [-0.15, -0.1) is 0 Å². The molecule has 0 spiro atoms. The van der Waals surface area contributed by atoms with Crippen LogP contribution in [0.4, 0.5) is 23.3 Å². The van der Waals surface area contributed by atoms with Gasteiger partial charge in [0.25, 0.3) is 5.69 Å². The summed E-state index contributed by atoms with van der Waals surface area (Å²) in [5.41, 5.74) is 6.69. The fourth-order valence-electron chi connectivity index (χ4n) is 2.89. The van der Waals surface area contributed by atoms with Gasteiger partial charge < -0.3 is 25.3 Å². The molecule has 3 N–H and O–H groups in total. The molecule has 0 aliphatic rings. The van der Waals surface area contributed by atoms with Crippen LogP contribution in [0.15, 0.2) is 36.4 Å². The molecule has 0 fully saturated rings. The highest BCUT2D eigenvalue weighted by molar-refractivity contribution is 5.95. The van der Waals surface area contributed by atoms with E-state index in [4.69, 9.17) is 19.9 Å². The Hall–Kier alpha value is -4.48. The van der Waals surface area contributed by atoms with E-state index in [0.717, 1.165) is 17.3 Å². The molecule has 0 atom stereocenters. The zero-order chi connectivity index (χ0) is 24.0. The van der Waals surface area contributed by atoms with Crippen LogP contribution in [-0.4, -0.2) is 39.6 Å². The third-order valence-corrected chi connectivity index (χ3v) is 4.42. The van der Waals surface area contributed by atoms with E-state index in [2.05, 4.69) is 20.3 Å². The summed E-state index contributed by atoms with van der Waals surface area (Å²) in [7, 11) is 1.34. The van der Waals surface area contributed by atoms with Gasteiger partial charge in [0.05, 0.1) is 24.7 Å². The van der Waals surface area contributed by atoms with E-state index in [1.54, 1.807) is 6.92 Å². The predicted octanol–water partition coefficient (Wildman–Crippen LogP) is 3.18. The number of nitrogens with zero attached hydrogens (tertiary/aromatic N) is 4. The Morgan fingerprint density at radius 2 is 1.94 bits per heavy atom. The average Bonchev–Trinajstić information content (AvgIpc) is 2.78. The van der Waals surface area contributed by atoms with Crippen LogP contribution >= 0.6 is 0 Å². The third kappa shape index (κ3) is 5.61. The smallest absolute Gasteiger partial charge is 0.345 e. The first-order valence-electron chi connectivity index (χ1n) is 9.81. The van der Waals surface area contributed by atoms with Crippen molar-refractivity contribution in [3.8, 4) is 11.5 Å². The highest BCUT2D eigenvalue weighted by Crippen LogP contribution is 2.35. The topological polar surface area (TPSA) is 165 Å². The number of nitro benzene ring substituents is 1. The number of ether oxygens (including phenoxy) is 3. The van der Waals surface area contributed by atoms with Crippen molar-refractivity contribution in [2.75, 3.05) is 24.8 Å². The molecule has 3 rings (SSSR count). The minimum Gasteiger partial charge on any atom is -0.493 e. The molecule has 12 heteroatoms. The minimum atomic E-state index is -0.960. The molecule has 0 bridgehead atoms. The quantitative estimate of drug-likeness (QED) is 0.277. The second-order valence-corrected chi connectivity index (χ2v) is 6.66. The molecule has 0 unspecified atom stereocenters. The van der Waals surface area contributed by atoms with E-state index >= 15 is 0 Å². The van der Waals surface area contributed by atoms with Gasteiger partial charge >= 0.3 is 5.97 Å². The molecule has 0 aliphatic carbocycles. The number of para-hydroxylation sites is 1. The number of carbonyl (C=O) groups is 1. The lowest BCUT2D eigenvalue weighted by atomic mass is 10.1. The van der Waals surface area contributed by atoms with E-state index in [1.165, 1.54) is 13.2 Å². The SMILES string of the molecule is CCOc1cc(C(=O)OCc2nc(N)nc(Nc3ccccc3C)n2)c([N+](=O)[O-])cc1OC. The van der Waals surface area contributed by atoms with Crippen LogP contribution in [0.5, 0.6) is 11.5 Å². The summed E-state index contributed by atoms with van der Waals surface area (Å²) < 4.78 is 15.7. The molecule has 12 nitrogen and oxygen atoms in total. The Bertz CT molecular complexity index is 1190. The zero-order valence-electron chi connectivity index (χ0n) is 18.2. The summed E-state index contributed by atoms with van der Waals surface area (Å²) in [5, 5.41) is 14.5. The van der Waals surface area contributed by atoms with Crippen molar-refractivity contribution in [3.63, 3.8) is 0 Å². The maximum atomic E-state index is 12.7. The minimum absolute atomic E-state index is 0.0631. The van der Waals surface area contributed by atoms with Gasteiger partial charge in [-0.05, 0) is 25.5 Å². The summed E-state index contributed by atoms with van der Waals surface area (Å²) in [6.45, 7) is 3.52. The van der Waals surface area contributed by atoms with E-state index in [-0.39, 0.29) is 48.0 Å². The first-order chi connectivity index (χ1) is 15.8. The van der Waals surface area contributed by atoms with Gasteiger partial charge in [-0.25, -0.2) is 4.79 Å². The number of nitro groups is 1. The van der Waals surface area contributed by atoms with Crippen LogP contribution in [0.25, 0.3) is 0 Å². The molecule has 0 radical (unpaired) electrons. The maximum absolute atomic E-state index is 12.7. The number of anilines is 3. The summed E-state index contributed by atoms with van der Waals surface area (Å²) in [6.07, 6.45) is 0. The number of hydrogen-bond donors (Lipinski definition) is 2. The monoisotopic (exact) mass is 454 g/mol. The van der Waals surface area contributed by atoms with Crippen molar-refractivity contribution < 1.29 is 23.9 Å². The molecule has 3 aromatic rings. The lowest BCUT2D eigenvalue weighted by Crippen LogP contribution is -2.13. The largest absolute Gasteiger partial charge is 0.493 e. The van der Waals surface area contributed by atoms with Gasteiger partial charge in [-0.2, -0.15) is 15.0 Å². The van der Waals surface area contributed by atoms with Crippen molar-refractivity contribution in [2.45, 2.75) is 20.5 Å². The van der Waals surface area contributed by atoms with Crippen LogP contribution in [0.3, 0.4) is 0 Å². The van der Waals surface area contributed by atoms with Gasteiger partial charge in [0.1, 0.15) is 5.56 Å². The number of esters is 1. The fraction of sp³-hybridized carbons (Fsp3) is 0.238. The van der Waals surface area contributed by atoms with Gasteiger partial charge in [0.2, 0.25) is 11.9 Å². The Labute approximate surface area is 188 Å². The van der Waals surface area contributed by atoms with E-state index < -0.39 is 16.6 Å². The number of aromatic nitrogens is 3. The van der Waals surface area contributed by atoms with Crippen molar-refractivity contribution >= 4 is 29.2 Å². The number of nitrogens with two attached hydrogens (primary N) is 1. The number of carbonyl (C=O) groups excluding carboxylic acids is 1. The molecule has 0 saturated heterocycles. The summed E-state index contributed by atoms with van der Waals surface area (Å²) in [4.78, 5) is 35.6. The van der Waals surface area contributed by atoms with Crippen molar-refractivity contribution in [2.24, 2.45) is 0 Å². The van der Waals surface area contributed by atoms with Gasteiger partial charge in [0.15, 0.2) is 23.9 Å². The second kappa shape index (κ2) is 10.2. The lowest BCUT2D eigenvalue weighted by Gasteiger charge is -2.12. The molecule has 0 aliphatic heterocycles. The van der Waals surface area contributed by atoms with Crippen LogP contribution < -0.4 is 20.5 Å². The predicted molar refractivity (Wildman–Crippen MR) is 119 cm³/mol. The number of nitrogens with one attached hydrogen (secondary N) is 1. The van der Waals surface area contributed by atoms with Crippen molar-refractivity contribution in [1.82, 2.24) is 15.0 Å². The standard InChI is InChI=1S/C21H22N6O6/c1-4-32-17-9-13(15(27(29)30)10-16(17)31-3)19(28)33-11-18-24-20(22)26-21(25-18)23-14-8-6-5-7-12(14)2/h5-10H,4,11H2,1-3H3,(H3,22,23,24,25,26). The first kappa shape index (κ1) is 23.2. The summed E-state index contributed by atoms with van der Waals surface area (Å²) >= 11 is 0. The van der Waals surface area contributed by atoms with Crippen LogP contribution in [-0.2, 0) is 11.3 Å². The van der Waals surface area contributed by atoms with Gasteiger partial charge in [0, 0.05) is 11.8 Å². The van der Waals surface area contributed by atoms with Gasteiger partial charge in [-0.1, -0.05) is 18.2 Å². The first-order valence-corrected chi connectivity index (χ1v) is 9.81. The average molecular weight is 454 g/mol. The Balaban J connectivity index is 1.82. The van der Waals surface area contributed by atoms with Crippen LogP contribution in [0.1, 0.15) is 28.7 Å². The van der Waals surface area contributed by atoms with E-state index in [9.17, 15) is 14.9 Å². The van der Waals surface area contributed by atoms with Crippen molar-refractivity contribution in [1.29, 1.82) is 0 Å². The molecule has 33 heavy (non-hydrogen) atoms. The second-order valence-electron chi connectivity index (χ2n) is 6.66. The molecular formula is C21H22N6O6. The maximum Gasteiger partial charge on any atom is 0.345 e. The van der Waals surface area contributed by atoms with E-state index in [0.29, 0.717) is 0 Å². The lowest BCUT2D eigenvalue weighted by molar-refractivity contribution is -0.385. The molecule has 0 saturated carbocycles. The summed E-state index contributed by atoms with van der Waals surface area (Å²) in [5.74, 6) is -0.520. The number of aryl methyl sites for hydroxylation is 1. The molecule has 2 aromatic carbocycles. The van der Waals surface area contributed by atoms with E-state index in [1.807, 2.05) is 31.2 Å². The molecule has 1 heterocycles. The number of methoxy groups -OCH3 is 1. The number of rotatable bonds is 9. The number of nitrogen functional groups attached to an aromatic ring is 1. The molecule has 172 valence electrons.